The minimum Gasteiger partial charge on any atom is -0.309 e. The van der Waals surface area contributed by atoms with Gasteiger partial charge in [0.25, 0.3) is 0 Å². The standard InChI is InChI=1S/C53H63ClN2S/c1-34-15-25-41-46(33-57-47(41)29-34)56(40-24-26-42-43(32-40)53(13,14)28-27-52(42,11)12)45-31-37(51(8,9)10)30-44(48(45)54)55(38-20-16-35(17-21-38)49(2,3)4)39-22-18-36(19-23-39)50(5,6)7/h15-26,29-33H,27-28H2,1-14H3. The highest BCUT2D eigenvalue weighted by Crippen LogP contribution is 2.53. The van der Waals surface area contributed by atoms with E-state index < -0.39 is 0 Å². The Labute approximate surface area is 352 Å². The fourth-order valence-electron chi connectivity index (χ4n) is 8.42. The maximum Gasteiger partial charge on any atom is 0.0887 e. The van der Waals surface area contributed by atoms with Gasteiger partial charge in [-0.2, -0.15) is 0 Å². The van der Waals surface area contributed by atoms with Crippen molar-refractivity contribution in [2.24, 2.45) is 0 Å². The summed E-state index contributed by atoms with van der Waals surface area (Å²) >= 11 is 9.84. The molecule has 0 unspecified atom stereocenters. The van der Waals surface area contributed by atoms with Crippen LogP contribution in [0.2, 0.25) is 5.02 Å². The van der Waals surface area contributed by atoms with E-state index >= 15 is 0 Å². The first-order valence-electron chi connectivity index (χ1n) is 20.7. The van der Waals surface area contributed by atoms with Crippen LogP contribution in [-0.4, -0.2) is 0 Å². The first kappa shape index (κ1) is 41.1. The highest BCUT2D eigenvalue weighted by atomic mass is 35.5. The van der Waals surface area contributed by atoms with E-state index in [1.807, 2.05) is 0 Å². The van der Waals surface area contributed by atoms with E-state index in [1.54, 1.807) is 11.3 Å². The molecule has 0 saturated carbocycles. The molecule has 5 aromatic carbocycles. The first-order valence-corrected chi connectivity index (χ1v) is 22.0. The molecule has 298 valence electrons. The molecule has 1 heterocycles. The third kappa shape index (κ3) is 7.92. The number of nitrogens with zero attached hydrogens (tertiary/aromatic N) is 2. The van der Waals surface area contributed by atoms with Crippen LogP contribution in [0.5, 0.6) is 0 Å². The molecular formula is C53H63ClN2S. The van der Waals surface area contributed by atoms with Crippen molar-refractivity contribution in [1.29, 1.82) is 0 Å². The van der Waals surface area contributed by atoms with Crippen LogP contribution >= 0.6 is 22.9 Å². The van der Waals surface area contributed by atoms with Gasteiger partial charge in [-0.3, -0.25) is 0 Å². The third-order valence-corrected chi connectivity index (χ3v) is 13.7. The van der Waals surface area contributed by atoms with Crippen LogP contribution in [0.1, 0.15) is 136 Å². The van der Waals surface area contributed by atoms with Crippen molar-refractivity contribution in [1.82, 2.24) is 0 Å². The fraction of sp³-hybridized carbons (Fsp3) is 0.396. The molecule has 4 heteroatoms. The van der Waals surface area contributed by atoms with Gasteiger partial charge in [0.15, 0.2) is 0 Å². The number of aryl methyl sites for hydroxylation is 1. The van der Waals surface area contributed by atoms with Gasteiger partial charge >= 0.3 is 0 Å². The minimum absolute atomic E-state index is 0.0374. The Morgan fingerprint density at radius 3 is 1.49 bits per heavy atom. The first-order chi connectivity index (χ1) is 26.5. The van der Waals surface area contributed by atoms with E-state index in [4.69, 9.17) is 11.6 Å². The normalized spacial score (nSPS) is 15.4. The number of hydrogen-bond acceptors (Lipinski definition) is 3. The molecule has 0 spiro atoms. The average Bonchev–Trinajstić information content (AvgIpc) is 3.53. The summed E-state index contributed by atoms with van der Waals surface area (Å²) in [4.78, 5) is 4.82. The van der Waals surface area contributed by atoms with Crippen LogP contribution in [-0.2, 0) is 27.1 Å². The maximum atomic E-state index is 8.04. The van der Waals surface area contributed by atoms with Crippen molar-refractivity contribution in [3.05, 3.63) is 141 Å². The lowest BCUT2D eigenvalue weighted by Crippen LogP contribution is -2.34. The highest BCUT2D eigenvalue weighted by Gasteiger charge is 2.38. The van der Waals surface area contributed by atoms with Gasteiger partial charge in [0.2, 0.25) is 0 Å². The van der Waals surface area contributed by atoms with Crippen molar-refractivity contribution in [3.8, 4) is 0 Å². The van der Waals surface area contributed by atoms with E-state index in [0.717, 1.165) is 40.5 Å². The molecule has 57 heavy (non-hydrogen) atoms. The Balaban J connectivity index is 1.54. The number of halogens is 1. The van der Waals surface area contributed by atoms with Crippen LogP contribution in [0.25, 0.3) is 10.1 Å². The molecule has 1 aromatic heterocycles. The summed E-state index contributed by atoms with van der Waals surface area (Å²) in [6.45, 7) is 32.4. The van der Waals surface area contributed by atoms with E-state index in [9.17, 15) is 0 Å². The Hall–Kier alpha value is -4.05. The minimum atomic E-state index is -0.159. The van der Waals surface area contributed by atoms with Crippen LogP contribution in [0, 0.1) is 6.92 Å². The smallest absolute Gasteiger partial charge is 0.0887 e. The Kier molecular flexibility index (Phi) is 10.4. The van der Waals surface area contributed by atoms with Crippen LogP contribution in [0.4, 0.5) is 34.1 Å². The molecule has 0 bridgehead atoms. The van der Waals surface area contributed by atoms with E-state index in [-0.39, 0.29) is 27.1 Å². The van der Waals surface area contributed by atoms with Crippen molar-refractivity contribution in [3.63, 3.8) is 0 Å². The van der Waals surface area contributed by atoms with Gasteiger partial charge in [0.05, 0.1) is 22.1 Å². The molecule has 0 amide bonds. The van der Waals surface area contributed by atoms with Gasteiger partial charge in [-0.15, -0.1) is 11.3 Å². The monoisotopic (exact) mass is 794 g/mol. The summed E-state index contributed by atoms with van der Waals surface area (Å²) < 4.78 is 1.28. The molecular weight excluding hydrogens is 732 g/mol. The van der Waals surface area contributed by atoms with Crippen LogP contribution < -0.4 is 9.80 Å². The molecule has 6 aromatic rings. The largest absolute Gasteiger partial charge is 0.309 e. The second-order valence-corrected chi connectivity index (χ2v) is 22.3. The lowest BCUT2D eigenvalue weighted by atomic mass is 9.63. The SMILES string of the molecule is Cc1ccc2c(N(c3ccc4c(c3)C(C)(C)CCC4(C)C)c3cc(C(C)(C)C)cc(N(c4ccc(C(C)(C)C)cc4)c4ccc(C(C)(C)C)cc4)c3Cl)csc2c1. The van der Waals surface area contributed by atoms with Crippen LogP contribution in [0.3, 0.4) is 0 Å². The molecule has 0 saturated heterocycles. The number of rotatable bonds is 6. The van der Waals surface area contributed by atoms with Gasteiger partial charge in [0, 0.05) is 32.5 Å². The predicted molar refractivity (Wildman–Crippen MR) is 252 cm³/mol. The van der Waals surface area contributed by atoms with Crippen LogP contribution in [0.15, 0.2) is 102 Å². The van der Waals surface area contributed by atoms with Gasteiger partial charge in [0.1, 0.15) is 0 Å². The number of thiophene rings is 1. The zero-order valence-electron chi connectivity index (χ0n) is 36.9. The number of benzene rings is 5. The van der Waals surface area contributed by atoms with Crippen molar-refractivity contribution < 1.29 is 0 Å². The summed E-state index contributed by atoms with van der Waals surface area (Å²) in [6.07, 6.45) is 2.33. The Morgan fingerprint density at radius 1 is 0.509 bits per heavy atom. The molecule has 0 radical (unpaired) electrons. The zero-order chi connectivity index (χ0) is 41.5. The molecule has 1 aliphatic carbocycles. The summed E-state index contributed by atoms with van der Waals surface area (Å²) in [6, 6.07) is 36.9. The van der Waals surface area contributed by atoms with Gasteiger partial charge in [-0.1, -0.05) is 144 Å². The Bertz CT molecular complexity index is 2370. The lowest BCUT2D eigenvalue weighted by molar-refractivity contribution is 0.332. The van der Waals surface area contributed by atoms with Gasteiger partial charge in [-0.25, -0.2) is 0 Å². The predicted octanol–water partition coefficient (Wildman–Crippen LogP) is 17.0. The molecule has 0 aliphatic heterocycles. The number of fused-ring (bicyclic) bond motifs is 2. The van der Waals surface area contributed by atoms with Crippen molar-refractivity contribution in [2.75, 3.05) is 9.80 Å². The molecule has 2 nitrogen and oxygen atoms in total. The quantitative estimate of drug-likeness (QED) is 0.166. The highest BCUT2D eigenvalue weighted by molar-refractivity contribution is 7.17. The zero-order valence-corrected chi connectivity index (χ0v) is 38.5. The number of hydrogen-bond donors (Lipinski definition) is 0. The van der Waals surface area contributed by atoms with Gasteiger partial charge in [-0.05, 0) is 135 Å². The molecule has 0 atom stereocenters. The summed E-state index contributed by atoms with van der Waals surface area (Å²) in [5, 5.41) is 4.27. The number of anilines is 6. The average molecular weight is 796 g/mol. The van der Waals surface area contributed by atoms with Crippen molar-refractivity contribution in [2.45, 2.75) is 137 Å². The van der Waals surface area contributed by atoms with E-state index in [1.165, 1.54) is 49.9 Å². The second kappa shape index (κ2) is 14.3. The molecule has 1 aliphatic rings. The van der Waals surface area contributed by atoms with Crippen molar-refractivity contribution >= 4 is 67.1 Å². The molecule has 7 rings (SSSR count). The van der Waals surface area contributed by atoms with E-state index in [0.29, 0.717) is 5.02 Å². The second-order valence-electron chi connectivity index (χ2n) is 21.0. The maximum absolute atomic E-state index is 8.04. The third-order valence-electron chi connectivity index (χ3n) is 12.4. The molecule has 0 N–H and O–H groups in total. The molecule has 0 fully saturated rings. The summed E-state index contributed by atoms with van der Waals surface area (Å²) in [5.41, 5.74) is 14.4. The summed E-state index contributed by atoms with van der Waals surface area (Å²) in [5.74, 6) is 0. The van der Waals surface area contributed by atoms with Gasteiger partial charge < -0.3 is 9.80 Å². The Morgan fingerprint density at radius 2 is 0.982 bits per heavy atom. The lowest BCUT2D eigenvalue weighted by Gasteiger charge is -2.42. The summed E-state index contributed by atoms with van der Waals surface area (Å²) in [7, 11) is 0. The fourth-order valence-corrected chi connectivity index (χ4v) is 9.72. The van der Waals surface area contributed by atoms with E-state index in [2.05, 4.69) is 209 Å². The topological polar surface area (TPSA) is 6.48 Å².